The van der Waals surface area contributed by atoms with Gasteiger partial charge in [0.15, 0.2) is 0 Å². The van der Waals surface area contributed by atoms with Crippen LogP contribution in [0.4, 0.5) is 14.5 Å². The van der Waals surface area contributed by atoms with Gasteiger partial charge in [0.2, 0.25) is 0 Å². The number of benzene rings is 1. The minimum atomic E-state index is -0.533. The Kier molecular flexibility index (Phi) is 3.69. The van der Waals surface area contributed by atoms with Crippen LogP contribution < -0.4 is 5.32 Å². The molecule has 0 bridgehead atoms. The molecular formula is C12H15F2NS. The van der Waals surface area contributed by atoms with Crippen molar-refractivity contribution >= 4 is 17.4 Å². The summed E-state index contributed by atoms with van der Waals surface area (Å²) in [5, 5.41) is 3.63. The zero-order valence-electron chi connectivity index (χ0n) is 9.17. The van der Waals surface area contributed by atoms with E-state index in [2.05, 4.69) is 12.2 Å². The molecule has 0 aliphatic carbocycles. The fraction of sp³-hybridized carbons (Fsp3) is 0.500. The van der Waals surface area contributed by atoms with Crippen LogP contribution in [-0.2, 0) is 0 Å². The second-order valence-electron chi connectivity index (χ2n) is 4.09. The van der Waals surface area contributed by atoms with E-state index in [0.717, 1.165) is 18.9 Å². The molecule has 1 saturated heterocycles. The molecule has 1 heterocycles. The van der Waals surface area contributed by atoms with Crippen molar-refractivity contribution in [2.24, 2.45) is 0 Å². The van der Waals surface area contributed by atoms with E-state index in [1.807, 2.05) is 11.8 Å². The van der Waals surface area contributed by atoms with Gasteiger partial charge in [0.05, 0.1) is 5.69 Å². The fourth-order valence-corrected chi connectivity index (χ4v) is 3.06. The Hall–Kier alpha value is -0.770. The Bertz CT molecular complexity index is 370. The maximum atomic E-state index is 13.4. The molecule has 1 aliphatic rings. The van der Waals surface area contributed by atoms with Crippen LogP contribution in [0, 0.1) is 11.6 Å². The second kappa shape index (κ2) is 5.04. The molecule has 0 spiro atoms. The molecule has 16 heavy (non-hydrogen) atoms. The van der Waals surface area contributed by atoms with E-state index in [0.29, 0.717) is 10.9 Å². The maximum absolute atomic E-state index is 13.4. The topological polar surface area (TPSA) is 12.0 Å². The van der Waals surface area contributed by atoms with Crippen LogP contribution in [0.3, 0.4) is 0 Å². The summed E-state index contributed by atoms with van der Waals surface area (Å²) in [6.45, 7) is 2.14. The summed E-state index contributed by atoms with van der Waals surface area (Å²) in [6.07, 6.45) is 2.19. The summed E-state index contributed by atoms with van der Waals surface area (Å²) in [5.74, 6) is 0.127. The lowest BCUT2D eigenvalue weighted by atomic mass is 10.1. The summed E-state index contributed by atoms with van der Waals surface area (Å²) >= 11 is 1.90. The first-order chi connectivity index (χ1) is 7.66. The number of nitrogens with one attached hydrogen (secondary N) is 1. The Balaban J connectivity index is 2.07. The highest BCUT2D eigenvalue weighted by atomic mass is 32.2. The quantitative estimate of drug-likeness (QED) is 0.850. The summed E-state index contributed by atoms with van der Waals surface area (Å²) in [6, 6.07) is 3.95. The van der Waals surface area contributed by atoms with Gasteiger partial charge in [-0.05, 0) is 30.7 Å². The fourth-order valence-electron chi connectivity index (χ4n) is 1.92. The summed E-state index contributed by atoms with van der Waals surface area (Å²) in [7, 11) is 0. The molecule has 2 unspecified atom stereocenters. The third kappa shape index (κ3) is 2.67. The first-order valence-electron chi connectivity index (χ1n) is 5.50. The van der Waals surface area contributed by atoms with Crippen molar-refractivity contribution in [3.05, 3.63) is 29.8 Å². The predicted molar refractivity (Wildman–Crippen MR) is 64.9 cm³/mol. The molecule has 1 aromatic carbocycles. The van der Waals surface area contributed by atoms with Gasteiger partial charge in [0.1, 0.15) is 11.6 Å². The number of halogens is 2. The van der Waals surface area contributed by atoms with Gasteiger partial charge in [-0.3, -0.25) is 0 Å². The number of hydrogen-bond acceptors (Lipinski definition) is 2. The van der Waals surface area contributed by atoms with Crippen LogP contribution in [0.25, 0.3) is 0 Å². The summed E-state index contributed by atoms with van der Waals surface area (Å²) < 4.78 is 26.2. The van der Waals surface area contributed by atoms with Crippen molar-refractivity contribution in [1.29, 1.82) is 0 Å². The van der Waals surface area contributed by atoms with Crippen LogP contribution in [0.5, 0.6) is 0 Å². The van der Waals surface area contributed by atoms with Crippen molar-refractivity contribution in [2.75, 3.05) is 11.1 Å². The molecule has 1 aliphatic heterocycles. The lowest BCUT2D eigenvalue weighted by molar-refractivity contribution is 0.574. The highest BCUT2D eigenvalue weighted by Gasteiger charge is 2.22. The molecule has 88 valence electrons. The van der Waals surface area contributed by atoms with E-state index in [-0.39, 0.29) is 6.04 Å². The SMILES string of the molecule is CC1SCCCC1Nc1ccc(F)cc1F. The Morgan fingerprint density at radius 1 is 1.38 bits per heavy atom. The number of rotatable bonds is 2. The van der Waals surface area contributed by atoms with Crippen molar-refractivity contribution < 1.29 is 8.78 Å². The van der Waals surface area contributed by atoms with E-state index in [9.17, 15) is 8.78 Å². The van der Waals surface area contributed by atoms with Crippen molar-refractivity contribution in [2.45, 2.75) is 31.1 Å². The van der Waals surface area contributed by atoms with E-state index < -0.39 is 11.6 Å². The van der Waals surface area contributed by atoms with E-state index in [4.69, 9.17) is 0 Å². The molecule has 0 saturated carbocycles. The van der Waals surface area contributed by atoms with Gasteiger partial charge in [-0.2, -0.15) is 11.8 Å². The minimum absolute atomic E-state index is 0.277. The lowest BCUT2D eigenvalue weighted by Gasteiger charge is -2.30. The molecule has 1 aromatic rings. The van der Waals surface area contributed by atoms with Crippen LogP contribution in [0.15, 0.2) is 18.2 Å². The average Bonchev–Trinajstić information content (AvgIpc) is 2.25. The Morgan fingerprint density at radius 2 is 2.19 bits per heavy atom. The van der Waals surface area contributed by atoms with Gasteiger partial charge in [-0.25, -0.2) is 8.78 Å². The van der Waals surface area contributed by atoms with Gasteiger partial charge < -0.3 is 5.32 Å². The van der Waals surface area contributed by atoms with Crippen molar-refractivity contribution in [3.63, 3.8) is 0 Å². The molecular weight excluding hydrogens is 228 g/mol. The number of thioether (sulfide) groups is 1. The van der Waals surface area contributed by atoms with Gasteiger partial charge in [0.25, 0.3) is 0 Å². The molecule has 4 heteroatoms. The van der Waals surface area contributed by atoms with Crippen LogP contribution >= 0.6 is 11.8 Å². The number of anilines is 1. The minimum Gasteiger partial charge on any atom is -0.379 e. The Labute approximate surface area is 98.6 Å². The normalized spacial score (nSPS) is 25.4. The Morgan fingerprint density at radius 3 is 2.88 bits per heavy atom. The first kappa shape index (κ1) is 11.7. The molecule has 1 N–H and O–H groups in total. The van der Waals surface area contributed by atoms with Crippen LogP contribution in [0.2, 0.25) is 0 Å². The maximum Gasteiger partial charge on any atom is 0.149 e. The predicted octanol–water partition coefficient (Wildman–Crippen LogP) is 3.66. The highest BCUT2D eigenvalue weighted by Crippen LogP contribution is 2.28. The third-order valence-electron chi connectivity index (χ3n) is 2.88. The molecule has 0 aromatic heterocycles. The van der Waals surface area contributed by atoms with E-state index >= 15 is 0 Å². The largest absolute Gasteiger partial charge is 0.379 e. The standard InChI is InChI=1S/C12H15F2NS/c1-8-11(3-2-6-16-8)15-12-5-4-9(13)7-10(12)14/h4-5,7-8,11,15H,2-3,6H2,1H3. The highest BCUT2D eigenvalue weighted by molar-refractivity contribution is 8.00. The van der Waals surface area contributed by atoms with Crippen LogP contribution in [0.1, 0.15) is 19.8 Å². The zero-order valence-corrected chi connectivity index (χ0v) is 9.99. The zero-order chi connectivity index (χ0) is 11.5. The van der Waals surface area contributed by atoms with Crippen molar-refractivity contribution in [3.8, 4) is 0 Å². The first-order valence-corrected chi connectivity index (χ1v) is 6.55. The van der Waals surface area contributed by atoms with Gasteiger partial charge in [-0.1, -0.05) is 6.92 Å². The van der Waals surface area contributed by atoms with E-state index in [1.165, 1.54) is 17.9 Å². The molecule has 0 amide bonds. The molecule has 1 nitrogen and oxygen atoms in total. The smallest absolute Gasteiger partial charge is 0.149 e. The summed E-state index contributed by atoms with van der Waals surface area (Å²) in [4.78, 5) is 0. The average molecular weight is 243 g/mol. The molecule has 2 rings (SSSR count). The second-order valence-corrected chi connectivity index (χ2v) is 5.58. The van der Waals surface area contributed by atoms with Gasteiger partial charge >= 0.3 is 0 Å². The molecule has 2 atom stereocenters. The summed E-state index contributed by atoms with van der Waals surface area (Å²) in [5.41, 5.74) is 0.403. The molecule has 0 radical (unpaired) electrons. The van der Waals surface area contributed by atoms with Gasteiger partial charge in [-0.15, -0.1) is 0 Å². The molecule has 1 fully saturated rings. The van der Waals surface area contributed by atoms with Gasteiger partial charge in [0, 0.05) is 17.4 Å². The van der Waals surface area contributed by atoms with Crippen molar-refractivity contribution in [1.82, 2.24) is 0 Å². The number of hydrogen-bond donors (Lipinski definition) is 1. The van der Waals surface area contributed by atoms with Crippen LogP contribution in [-0.4, -0.2) is 17.0 Å². The lowest BCUT2D eigenvalue weighted by Crippen LogP contribution is -2.33. The van der Waals surface area contributed by atoms with E-state index in [1.54, 1.807) is 0 Å². The monoisotopic (exact) mass is 243 g/mol. The third-order valence-corrected chi connectivity index (χ3v) is 4.26.